The highest BCUT2D eigenvalue weighted by molar-refractivity contribution is 6.32. The van der Waals surface area contributed by atoms with Crippen molar-refractivity contribution in [1.82, 2.24) is 19.6 Å². The molecule has 3 rings (SSSR count). The Balaban J connectivity index is 1.87. The van der Waals surface area contributed by atoms with E-state index < -0.39 is 17.8 Å². The van der Waals surface area contributed by atoms with Gasteiger partial charge in [-0.25, -0.2) is 4.68 Å². The first-order valence-electron chi connectivity index (χ1n) is 8.74. The number of aromatic nitrogens is 2. The first-order chi connectivity index (χ1) is 13.3. The highest BCUT2D eigenvalue weighted by Crippen LogP contribution is 2.31. The molecule has 2 heterocycles. The predicted molar refractivity (Wildman–Crippen MR) is 97.8 cm³/mol. The summed E-state index contributed by atoms with van der Waals surface area (Å²) in [7, 11) is 1.62. The molecule has 1 saturated heterocycles. The molecule has 1 aromatic carbocycles. The third-order valence-electron chi connectivity index (χ3n) is 4.57. The maximum absolute atomic E-state index is 13.2. The number of carbonyl (C=O) groups is 1. The second kappa shape index (κ2) is 8.50. The molecule has 0 unspecified atom stereocenters. The minimum atomic E-state index is -4.67. The first-order valence-corrected chi connectivity index (χ1v) is 9.12. The number of para-hydroxylation sites is 1. The van der Waals surface area contributed by atoms with Crippen LogP contribution in [0.25, 0.3) is 5.69 Å². The van der Waals surface area contributed by atoms with Crippen LogP contribution in [0.2, 0.25) is 5.02 Å². The molecule has 6 nitrogen and oxygen atoms in total. The van der Waals surface area contributed by atoms with Crippen molar-refractivity contribution < 1.29 is 22.7 Å². The van der Waals surface area contributed by atoms with Gasteiger partial charge in [-0.15, -0.1) is 0 Å². The van der Waals surface area contributed by atoms with Crippen molar-refractivity contribution in [3.63, 3.8) is 0 Å². The largest absolute Gasteiger partial charge is 0.435 e. The van der Waals surface area contributed by atoms with Crippen LogP contribution in [-0.2, 0) is 10.9 Å². The molecule has 1 aromatic heterocycles. The lowest BCUT2D eigenvalue weighted by Crippen LogP contribution is -2.49. The smallest absolute Gasteiger partial charge is 0.383 e. The maximum Gasteiger partial charge on any atom is 0.435 e. The molecule has 0 aliphatic carbocycles. The van der Waals surface area contributed by atoms with E-state index in [9.17, 15) is 18.0 Å². The average molecular weight is 417 g/mol. The van der Waals surface area contributed by atoms with Crippen molar-refractivity contribution in [2.75, 3.05) is 46.4 Å². The van der Waals surface area contributed by atoms with Crippen molar-refractivity contribution in [1.29, 1.82) is 0 Å². The van der Waals surface area contributed by atoms with Crippen LogP contribution >= 0.6 is 11.6 Å². The van der Waals surface area contributed by atoms with E-state index in [0.29, 0.717) is 32.8 Å². The highest BCUT2D eigenvalue weighted by atomic mass is 35.5. The van der Waals surface area contributed by atoms with Crippen molar-refractivity contribution in [3.8, 4) is 5.69 Å². The van der Waals surface area contributed by atoms with Gasteiger partial charge in [0.2, 0.25) is 0 Å². The number of nitrogens with zero attached hydrogens (tertiary/aromatic N) is 4. The summed E-state index contributed by atoms with van der Waals surface area (Å²) in [5.41, 5.74) is -1.07. The van der Waals surface area contributed by atoms with E-state index in [1.165, 1.54) is 17.0 Å². The van der Waals surface area contributed by atoms with Crippen LogP contribution in [0.15, 0.2) is 30.3 Å². The number of halogens is 4. The second-order valence-corrected chi connectivity index (χ2v) is 6.81. The highest BCUT2D eigenvalue weighted by Gasteiger charge is 2.37. The van der Waals surface area contributed by atoms with Gasteiger partial charge in [0.15, 0.2) is 5.69 Å². The number of alkyl halides is 3. The standard InChI is InChI=1S/C18H20ClF3N4O2/c1-28-11-10-24-6-8-25(9-7-24)17(27)15-12-16(18(20,21)22)23-26(15)14-5-3-2-4-13(14)19/h2-5,12H,6-11H2,1H3. The van der Waals surface area contributed by atoms with Crippen molar-refractivity contribution in [2.24, 2.45) is 0 Å². The Morgan fingerprint density at radius 2 is 1.89 bits per heavy atom. The molecule has 0 saturated carbocycles. The lowest BCUT2D eigenvalue weighted by Gasteiger charge is -2.34. The summed E-state index contributed by atoms with van der Waals surface area (Å²) in [5.74, 6) is -0.505. The van der Waals surface area contributed by atoms with E-state index in [-0.39, 0.29) is 16.4 Å². The topological polar surface area (TPSA) is 50.6 Å². The minimum Gasteiger partial charge on any atom is -0.383 e. The van der Waals surface area contributed by atoms with E-state index in [0.717, 1.165) is 17.3 Å². The maximum atomic E-state index is 13.2. The zero-order valence-corrected chi connectivity index (χ0v) is 16.0. The quantitative estimate of drug-likeness (QED) is 0.752. The molecule has 0 spiro atoms. The molecule has 1 amide bonds. The SMILES string of the molecule is COCCN1CCN(C(=O)c2cc(C(F)(F)F)nn2-c2ccccc2Cl)CC1. The van der Waals surface area contributed by atoms with Gasteiger partial charge in [-0.3, -0.25) is 9.69 Å². The number of methoxy groups -OCH3 is 1. The van der Waals surface area contributed by atoms with Crippen LogP contribution in [0.3, 0.4) is 0 Å². The van der Waals surface area contributed by atoms with E-state index in [4.69, 9.17) is 16.3 Å². The summed E-state index contributed by atoms with van der Waals surface area (Å²) in [4.78, 5) is 16.7. The molecule has 0 atom stereocenters. The predicted octanol–water partition coefficient (Wildman–Crippen LogP) is 2.95. The monoisotopic (exact) mass is 416 g/mol. The van der Waals surface area contributed by atoms with Gasteiger partial charge in [0.1, 0.15) is 5.69 Å². The van der Waals surface area contributed by atoms with Crippen LogP contribution in [0.4, 0.5) is 13.2 Å². The lowest BCUT2D eigenvalue weighted by molar-refractivity contribution is -0.141. The van der Waals surface area contributed by atoms with Crippen LogP contribution < -0.4 is 0 Å². The van der Waals surface area contributed by atoms with Crippen LogP contribution in [0.5, 0.6) is 0 Å². The Bertz CT molecular complexity index is 832. The molecule has 1 aliphatic heterocycles. The number of carbonyl (C=O) groups excluding carboxylic acids is 1. The Morgan fingerprint density at radius 1 is 1.21 bits per heavy atom. The number of hydrogen-bond donors (Lipinski definition) is 0. The van der Waals surface area contributed by atoms with Gasteiger partial charge in [-0.05, 0) is 12.1 Å². The Morgan fingerprint density at radius 3 is 2.50 bits per heavy atom. The first kappa shape index (κ1) is 20.6. The average Bonchev–Trinajstić information content (AvgIpc) is 3.12. The van der Waals surface area contributed by atoms with Gasteiger partial charge in [0.25, 0.3) is 5.91 Å². The van der Waals surface area contributed by atoms with Gasteiger partial charge >= 0.3 is 6.18 Å². The Hall–Kier alpha value is -2.10. The fraction of sp³-hybridized carbons (Fsp3) is 0.444. The third-order valence-corrected chi connectivity index (χ3v) is 4.89. The van der Waals surface area contributed by atoms with Crippen LogP contribution in [-0.4, -0.2) is 71.9 Å². The van der Waals surface area contributed by atoms with Gasteiger partial charge in [0.05, 0.1) is 17.3 Å². The number of benzene rings is 1. The molecular formula is C18H20ClF3N4O2. The van der Waals surface area contributed by atoms with E-state index in [1.807, 2.05) is 0 Å². The summed E-state index contributed by atoms with van der Waals surface area (Å²) < 4.78 is 45.7. The summed E-state index contributed by atoms with van der Waals surface area (Å²) in [6, 6.07) is 7.12. The number of ether oxygens (including phenoxy) is 1. The minimum absolute atomic E-state index is 0.161. The van der Waals surface area contributed by atoms with Crippen molar-refractivity contribution >= 4 is 17.5 Å². The van der Waals surface area contributed by atoms with Gasteiger partial charge in [0, 0.05) is 45.9 Å². The van der Waals surface area contributed by atoms with Crippen LogP contribution in [0.1, 0.15) is 16.2 Å². The molecule has 0 radical (unpaired) electrons. The van der Waals surface area contributed by atoms with Gasteiger partial charge in [-0.1, -0.05) is 23.7 Å². The molecule has 0 bridgehead atoms. The summed E-state index contributed by atoms with van der Waals surface area (Å²) in [5, 5.41) is 3.82. The molecule has 10 heteroatoms. The Labute approximate surface area is 165 Å². The van der Waals surface area contributed by atoms with E-state index >= 15 is 0 Å². The van der Waals surface area contributed by atoms with Crippen molar-refractivity contribution in [3.05, 3.63) is 46.7 Å². The van der Waals surface area contributed by atoms with Crippen molar-refractivity contribution in [2.45, 2.75) is 6.18 Å². The van der Waals surface area contributed by atoms with E-state index in [2.05, 4.69) is 10.00 Å². The molecule has 28 heavy (non-hydrogen) atoms. The van der Waals surface area contributed by atoms with Crippen LogP contribution in [0, 0.1) is 0 Å². The summed E-state index contributed by atoms with van der Waals surface area (Å²) in [6.45, 7) is 3.41. The second-order valence-electron chi connectivity index (χ2n) is 6.40. The van der Waals surface area contributed by atoms with Gasteiger partial charge in [-0.2, -0.15) is 18.3 Å². The van der Waals surface area contributed by atoms with E-state index in [1.54, 1.807) is 19.2 Å². The zero-order chi connectivity index (χ0) is 20.3. The van der Waals surface area contributed by atoms with Gasteiger partial charge < -0.3 is 9.64 Å². The normalized spacial score (nSPS) is 15.8. The molecule has 152 valence electrons. The lowest BCUT2D eigenvalue weighted by atomic mass is 10.2. The number of rotatable bonds is 5. The third kappa shape index (κ3) is 4.48. The molecule has 1 aliphatic rings. The Kier molecular flexibility index (Phi) is 6.26. The summed E-state index contributed by atoms with van der Waals surface area (Å²) in [6.07, 6.45) is -4.67. The summed E-state index contributed by atoms with van der Waals surface area (Å²) >= 11 is 6.13. The molecular weight excluding hydrogens is 397 g/mol. The number of amides is 1. The number of hydrogen-bond acceptors (Lipinski definition) is 4. The molecule has 0 N–H and O–H groups in total. The molecule has 1 fully saturated rings. The number of piperazine rings is 1. The zero-order valence-electron chi connectivity index (χ0n) is 15.2. The fourth-order valence-corrected chi connectivity index (χ4v) is 3.25. The molecule has 2 aromatic rings. The fourth-order valence-electron chi connectivity index (χ4n) is 3.04.